The first-order valence-electron chi connectivity index (χ1n) is 9.65. The second-order valence-corrected chi connectivity index (χ2v) is 7.05. The Bertz CT molecular complexity index is 1410. The molecule has 0 radical (unpaired) electrons. The van der Waals surface area contributed by atoms with E-state index in [1.807, 2.05) is 84.9 Å². The third-order valence-corrected chi connectivity index (χ3v) is 5.20. The van der Waals surface area contributed by atoms with E-state index in [4.69, 9.17) is 0 Å². The summed E-state index contributed by atoms with van der Waals surface area (Å²) in [6, 6.07) is 30.2. The Labute approximate surface area is 173 Å². The molecule has 0 heterocycles. The van der Waals surface area contributed by atoms with Crippen molar-refractivity contribution >= 4 is 32.9 Å². The van der Waals surface area contributed by atoms with Crippen LogP contribution in [0.5, 0.6) is 11.5 Å². The molecule has 5 rings (SSSR count). The van der Waals surface area contributed by atoms with Crippen molar-refractivity contribution in [1.29, 1.82) is 0 Å². The highest BCUT2D eigenvalue weighted by Gasteiger charge is 2.17. The number of nitrogens with zero attached hydrogens (tertiary/aromatic N) is 2. The molecule has 0 unspecified atom stereocenters. The second-order valence-electron chi connectivity index (χ2n) is 7.05. The smallest absolute Gasteiger partial charge is 0.150 e. The van der Waals surface area contributed by atoms with Crippen molar-refractivity contribution in [3.8, 4) is 22.6 Å². The summed E-state index contributed by atoms with van der Waals surface area (Å²) in [7, 11) is 0. The van der Waals surface area contributed by atoms with Crippen LogP contribution < -0.4 is 0 Å². The normalized spacial score (nSPS) is 11.5. The third kappa shape index (κ3) is 3.05. The van der Waals surface area contributed by atoms with Gasteiger partial charge < -0.3 is 10.2 Å². The molecule has 0 spiro atoms. The van der Waals surface area contributed by atoms with Crippen LogP contribution in [0.4, 0.5) is 11.4 Å². The molecule has 5 aromatic carbocycles. The summed E-state index contributed by atoms with van der Waals surface area (Å²) >= 11 is 0. The number of hydrogen-bond donors (Lipinski definition) is 2. The number of phenolic OH excluding ortho intramolecular Hbond substituents is 2. The number of hydrogen-bond acceptors (Lipinski definition) is 4. The van der Waals surface area contributed by atoms with Crippen LogP contribution in [0.2, 0.25) is 0 Å². The zero-order valence-corrected chi connectivity index (χ0v) is 16.0. The number of fused-ring (bicyclic) bond motifs is 2. The summed E-state index contributed by atoms with van der Waals surface area (Å²) in [5, 5.41) is 33.7. The largest absolute Gasteiger partial charge is 0.507 e. The van der Waals surface area contributed by atoms with Crippen molar-refractivity contribution in [2.75, 3.05) is 0 Å². The molecule has 0 fully saturated rings. The molecule has 0 saturated carbocycles. The lowest BCUT2D eigenvalue weighted by atomic mass is 9.92. The lowest BCUT2D eigenvalue weighted by Crippen LogP contribution is -1.86. The molecule has 144 valence electrons. The fraction of sp³-hybridized carbons (Fsp3) is 0. The van der Waals surface area contributed by atoms with Crippen LogP contribution in [0.3, 0.4) is 0 Å². The summed E-state index contributed by atoms with van der Waals surface area (Å²) in [4.78, 5) is 0. The van der Waals surface area contributed by atoms with E-state index < -0.39 is 0 Å². The van der Waals surface area contributed by atoms with Crippen molar-refractivity contribution in [1.82, 2.24) is 0 Å². The first kappa shape index (κ1) is 17.9. The fourth-order valence-electron chi connectivity index (χ4n) is 3.78. The highest BCUT2D eigenvalue weighted by Crippen LogP contribution is 2.46. The topological polar surface area (TPSA) is 65.2 Å². The highest BCUT2D eigenvalue weighted by atomic mass is 16.3. The first-order valence-corrected chi connectivity index (χ1v) is 9.65. The van der Waals surface area contributed by atoms with Gasteiger partial charge in [0.25, 0.3) is 0 Å². The van der Waals surface area contributed by atoms with E-state index in [-0.39, 0.29) is 11.5 Å². The van der Waals surface area contributed by atoms with Crippen LogP contribution in [0.15, 0.2) is 107 Å². The maximum atomic E-state index is 10.9. The summed E-state index contributed by atoms with van der Waals surface area (Å²) in [5.74, 6) is 0.240. The van der Waals surface area contributed by atoms with Crippen LogP contribution in [-0.2, 0) is 0 Å². The standard InChI is InChI=1S/C26H18N2O2/c29-24-15-14-17-8-4-5-11-19(17)25(24)22-16-23(28-27-18-9-2-1-3-10-18)26(30)21-13-7-6-12-20(21)22/h1-16,29-30H. The molecular weight excluding hydrogens is 372 g/mol. The van der Waals surface area contributed by atoms with Gasteiger partial charge in [-0.2, -0.15) is 5.11 Å². The molecule has 0 amide bonds. The Balaban J connectivity index is 1.80. The van der Waals surface area contributed by atoms with Crippen LogP contribution in [0.25, 0.3) is 32.7 Å². The molecule has 0 aliphatic heterocycles. The Kier molecular flexibility index (Phi) is 4.37. The van der Waals surface area contributed by atoms with Gasteiger partial charge in [0.1, 0.15) is 11.4 Å². The molecule has 4 heteroatoms. The number of phenols is 2. The number of aromatic hydroxyl groups is 2. The molecule has 0 aliphatic rings. The van der Waals surface area contributed by atoms with E-state index in [2.05, 4.69) is 10.2 Å². The van der Waals surface area contributed by atoms with E-state index in [1.54, 1.807) is 12.1 Å². The zero-order chi connectivity index (χ0) is 20.5. The van der Waals surface area contributed by atoms with Gasteiger partial charge in [-0.05, 0) is 46.0 Å². The molecule has 0 aliphatic carbocycles. The minimum atomic E-state index is 0.0637. The van der Waals surface area contributed by atoms with E-state index in [1.165, 1.54) is 0 Å². The Morgan fingerprint density at radius 3 is 2.03 bits per heavy atom. The maximum Gasteiger partial charge on any atom is 0.150 e. The van der Waals surface area contributed by atoms with E-state index >= 15 is 0 Å². The Hall–Kier alpha value is -4.18. The van der Waals surface area contributed by atoms with Gasteiger partial charge in [-0.3, -0.25) is 0 Å². The van der Waals surface area contributed by atoms with Crippen molar-refractivity contribution in [2.45, 2.75) is 0 Å². The predicted molar refractivity (Wildman–Crippen MR) is 121 cm³/mol. The van der Waals surface area contributed by atoms with Crippen molar-refractivity contribution in [3.63, 3.8) is 0 Å². The predicted octanol–water partition coefficient (Wildman–Crippen LogP) is 7.49. The molecule has 0 bridgehead atoms. The maximum absolute atomic E-state index is 10.9. The minimum absolute atomic E-state index is 0.0637. The van der Waals surface area contributed by atoms with Crippen LogP contribution >= 0.6 is 0 Å². The average molecular weight is 390 g/mol. The minimum Gasteiger partial charge on any atom is -0.507 e. The molecule has 0 aromatic heterocycles. The summed E-state index contributed by atoms with van der Waals surface area (Å²) in [6.45, 7) is 0. The SMILES string of the molecule is Oc1ccc2ccccc2c1-c1cc(N=Nc2ccccc2)c(O)c2ccccc12. The van der Waals surface area contributed by atoms with Gasteiger partial charge in [-0.25, -0.2) is 0 Å². The van der Waals surface area contributed by atoms with Crippen LogP contribution in [0, 0.1) is 0 Å². The van der Waals surface area contributed by atoms with E-state index in [0.29, 0.717) is 22.3 Å². The number of rotatable bonds is 3. The summed E-state index contributed by atoms with van der Waals surface area (Å²) in [5.41, 5.74) is 2.54. The first-order chi connectivity index (χ1) is 14.7. The van der Waals surface area contributed by atoms with Gasteiger partial charge >= 0.3 is 0 Å². The van der Waals surface area contributed by atoms with Gasteiger partial charge in [-0.15, -0.1) is 5.11 Å². The van der Waals surface area contributed by atoms with Gasteiger partial charge in [0.2, 0.25) is 0 Å². The molecule has 4 nitrogen and oxygen atoms in total. The molecule has 2 N–H and O–H groups in total. The molecular formula is C26H18N2O2. The second kappa shape index (κ2) is 7.33. The average Bonchev–Trinajstić information content (AvgIpc) is 2.80. The van der Waals surface area contributed by atoms with Crippen LogP contribution in [-0.4, -0.2) is 10.2 Å². The quantitative estimate of drug-likeness (QED) is 0.313. The number of azo groups is 1. The van der Waals surface area contributed by atoms with Crippen molar-refractivity contribution < 1.29 is 10.2 Å². The summed E-state index contributed by atoms with van der Waals surface area (Å²) < 4.78 is 0. The lowest BCUT2D eigenvalue weighted by Gasteiger charge is -2.14. The van der Waals surface area contributed by atoms with Crippen molar-refractivity contribution in [2.24, 2.45) is 10.2 Å². The van der Waals surface area contributed by atoms with E-state index in [9.17, 15) is 10.2 Å². The third-order valence-electron chi connectivity index (χ3n) is 5.20. The van der Waals surface area contributed by atoms with Gasteiger partial charge in [-0.1, -0.05) is 72.8 Å². The summed E-state index contributed by atoms with van der Waals surface area (Å²) in [6.07, 6.45) is 0. The Morgan fingerprint density at radius 1 is 0.567 bits per heavy atom. The van der Waals surface area contributed by atoms with E-state index in [0.717, 1.165) is 21.7 Å². The van der Waals surface area contributed by atoms with Gasteiger partial charge in [0.15, 0.2) is 5.75 Å². The van der Waals surface area contributed by atoms with Gasteiger partial charge in [0.05, 0.1) is 5.69 Å². The lowest BCUT2D eigenvalue weighted by molar-refractivity contribution is 0.477. The van der Waals surface area contributed by atoms with Gasteiger partial charge in [0, 0.05) is 10.9 Å². The van der Waals surface area contributed by atoms with Crippen molar-refractivity contribution in [3.05, 3.63) is 97.1 Å². The fourth-order valence-corrected chi connectivity index (χ4v) is 3.78. The number of benzene rings is 5. The molecule has 0 saturated heterocycles. The monoisotopic (exact) mass is 390 g/mol. The molecule has 0 atom stereocenters. The molecule has 5 aromatic rings. The Morgan fingerprint density at radius 2 is 1.23 bits per heavy atom. The highest BCUT2D eigenvalue weighted by molar-refractivity contribution is 6.10. The van der Waals surface area contributed by atoms with Crippen LogP contribution in [0.1, 0.15) is 0 Å². The molecule has 30 heavy (non-hydrogen) atoms. The zero-order valence-electron chi connectivity index (χ0n) is 16.0.